The van der Waals surface area contributed by atoms with Crippen molar-refractivity contribution in [3.05, 3.63) is 35.4 Å². The standard InChI is InChI=1S/C10H16NS/c1-12(2)8-10-5-3-9(7-11)4-6-10/h3-6H,7-8,11H2,1-2H3/q+1. The van der Waals surface area contributed by atoms with Crippen LogP contribution in [0.4, 0.5) is 0 Å². The van der Waals surface area contributed by atoms with Crippen LogP contribution in [0.2, 0.25) is 0 Å². The van der Waals surface area contributed by atoms with Crippen molar-refractivity contribution < 1.29 is 0 Å². The number of hydrogen-bond donors (Lipinski definition) is 1. The maximum Gasteiger partial charge on any atom is 0.132 e. The summed E-state index contributed by atoms with van der Waals surface area (Å²) in [5, 5.41) is 0. The van der Waals surface area contributed by atoms with Crippen LogP contribution in [-0.2, 0) is 23.2 Å². The average Bonchev–Trinajstić information content (AvgIpc) is 2.05. The lowest BCUT2D eigenvalue weighted by molar-refractivity contribution is 1.07. The van der Waals surface area contributed by atoms with Gasteiger partial charge in [-0.15, -0.1) is 0 Å². The van der Waals surface area contributed by atoms with Crippen LogP contribution in [0.25, 0.3) is 0 Å². The van der Waals surface area contributed by atoms with Gasteiger partial charge in [0.1, 0.15) is 5.75 Å². The molecular formula is C10H16NS+. The Labute approximate surface area is 77.3 Å². The molecule has 0 aromatic heterocycles. The van der Waals surface area contributed by atoms with Gasteiger partial charge in [0, 0.05) is 12.1 Å². The van der Waals surface area contributed by atoms with Crippen LogP contribution in [0.1, 0.15) is 11.1 Å². The van der Waals surface area contributed by atoms with E-state index in [9.17, 15) is 0 Å². The van der Waals surface area contributed by atoms with E-state index in [4.69, 9.17) is 5.73 Å². The Morgan fingerprint density at radius 2 is 1.58 bits per heavy atom. The predicted molar refractivity (Wildman–Crippen MR) is 57.3 cm³/mol. The average molecular weight is 182 g/mol. The Morgan fingerprint density at radius 1 is 1.08 bits per heavy atom. The first-order valence-corrected chi connectivity index (χ1v) is 6.25. The second kappa shape index (κ2) is 4.53. The third kappa shape index (κ3) is 2.88. The Hall–Kier alpha value is -0.470. The van der Waals surface area contributed by atoms with Crippen LogP contribution in [0.3, 0.4) is 0 Å². The van der Waals surface area contributed by atoms with Crippen molar-refractivity contribution in [2.75, 3.05) is 12.5 Å². The number of nitrogens with two attached hydrogens (primary N) is 1. The van der Waals surface area contributed by atoms with Crippen molar-refractivity contribution >= 4 is 10.9 Å². The molecule has 0 aliphatic heterocycles. The summed E-state index contributed by atoms with van der Waals surface area (Å²) in [5.41, 5.74) is 8.13. The minimum atomic E-state index is 0.494. The molecule has 2 heteroatoms. The normalized spacial score (nSPS) is 10.7. The first-order valence-electron chi connectivity index (χ1n) is 4.04. The Kier molecular flexibility index (Phi) is 3.63. The van der Waals surface area contributed by atoms with Gasteiger partial charge < -0.3 is 5.73 Å². The Bertz CT molecular complexity index is 228. The SMILES string of the molecule is C[S+](C)Cc1ccc(CN)cc1. The van der Waals surface area contributed by atoms with Crippen molar-refractivity contribution in [2.24, 2.45) is 5.73 Å². The highest BCUT2D eigenvalue weighted by Crippen LogP contribution is 2.07. The summed E-state index contributed by atoms with van der Waals surface area (Å²) in [6.45, 7) is 0.643. The van der Waals surface area contributed by atoms with E-state index in [0.29, 0.717) is 17.4 Å². The van der Waals surface area contributed by atoms with Gasteiger partial charge in [0.25, 0.3) is 0 Å². The van der Waals surface area contributed by atoms with Crippen LogP contribution in [-0.4, -0.2) is 12.5 Å². The van der Waals surface area contributed by atoms with Gasteiger partial charge >= 0.3 is 0 Å². The lowest BCUT2D eigenvalue weighted by atomic mass is 10.1. The van der Waals surface area contributed by atoms with Crippen molar-refractivity contribution in [2.45, 2.75) is 12.3 Å². The molecule has 0 saturated carbocycles. The van der Waals surface area contributed by atoms with E-state index in [1.54, 1.807) is 0 Å². The van der Waals surface area contributed by atoms with Gasteiger partial charge in [0.05, 0.1) is 12.5 Å². The van der Waals surface area contributed by atoms with Gasteiger partial charge in [-0.1, -0.05) is 24.3 Å². The number of hydrogen-bond acceptors (Lipinski definition) is 1. The summed E-state index contributed by atoms with van der Waals surface area (Å²) in [6, 6.07) is 8.58. The molecule has 0 bridgehead atoms. The lowest BCUT2D eigenvalue weighted by Crippen LogP contribution is -2.00. The second-order valence-corrected chi connectivity index (χ2v) is 5.41. The van der Waals surface area contributed by atoms with E-state index in [0.717, 1.165) is 0 Å². The molecular weight excluding hydrogens is 166 g/mol. The van der Waals surface area contributed by atoms with Gasteiger partial charge in [0.15, 0.2) is 0 Å². The Morgan fingerprint density at radius 3 is 2.00 bits per heavy atom. The summed E-state index contributed by atoms with van der Waals surface area (Å²) >= 11 is 0. The van der Waals surface area contributed by atoms with Gasteiger partial charge in [0.2, 0.25) is 0 Å². The Balaban J connectivity index is 2.65. The van der Waals surface area contributed by atoms with Crippen LogP contribution < -0.4 is 5.73 Å². The molecule has 1 nitrogen and oxygen atoms in total. The quantitative estimate of drug-likeness (QED) is 0.705. The van der Waals surface area contributed by atoms with Crippen molar-refractivity contribution in [3.63, 3.8) is 0 Å². The number of benzene rings is 1. The van der Waals surface area contributed by atoms with Gasteiger partial charge in [-0.25, -0.2) is 0 Å². The maximum absolute atomic E-state index is 5.50. The van der Waals surface area contributed by atoms with E-state index in [2.05, 4.69) is 36.8 Å². The van der Waals surface area contributed by atoms with E-state index in [1.165, 1.54) is 16.9 Å². The molecule has 1 aromatic carbocycles. The van der Waals surface area contributed by atoms with E-state index in [-0.39, 0.29) is 0 Å². The van der Waals surface area contributed by atoms with Crippen LogP contribution in [0.5, 0.6) is 0 Å². The molecule has 2 N–H and O–H groups in total. The molecule has 66 valence electrons. The zero-order valence-electron chi connectivity index (χ0n) is 7.71. The summed E-state index contributed by atoms with van der Waals surface area (Å²) in [6.07, 6.45) is 4.52. The summed E-state index contributed by atoms with van der Waals surface area (Å²) in [5.74, 6) is 1.19. The summed E-state index contributed by atoms with van der Waals surface area (Å²) < 4.78 is 0. The maximum atomic E-state index is 5.50. The topological polar surface area (TPSA) is 26.0 Å². The zero-order valence-corrected chi connectivity index (χ0v) is 8.53. The molecule has 0 amide bonds. The first-order chi connectivity index (χ1) is 5.72. The van der Waals surface area contributed by atoms with Crippen molar-refractivity contribution in [1.29, 1.82) is 0 Å². The molecule has 0 aliphatic rings. The molecule has 12 heavy (non-hydrogen) atoms. The fraction of sp³-hybridized carbons (Fsp3) is 0.400. The second-order valence-electron chi connectivity index (χ2n) is 3.15. The highest BCUT2D eigenvalue weighted by molar-refractivity contribution is 7.94. The molecule has 1 rings (SSSR count). The molecule has 0 saturated heterocycles. The van der Waals surface area contributed by atoms with Crippen molar-refractivity contribution in [3.8, 4) is 0 Å². The van der Waals surface area contributed by atoms with E-state index >= 15 is 0 Å². The van der Waals surface area contributed by atoms with E-state index < -0.39 is 0 Å². The summed E-state index contributed by atoms with van der Waals surface area (Å²) in [7, 11) is 0.494. The fourth-order valence-electron chi connectivity index (χ4n) is 1.10. The van der Waals surface area contributed by atoms with Crippen LogP contribution in [0.15, 0.2) is 24.3 Å². The monoisotopic (exact) mass is 182 g/mol. The van der Waals surface area contributed by atoms with Gasteiger partial charge in [-0.3, -0.25) is 0 Å². The molecule has 0 atom stereocenters. The zero-order chi connectivity index (χ0) is 8.97. The highest BCUT2D eigenvalue weighted by Gasteiger charge is 2.03. The fourth-order valence-corrected chi connectivity index (χ4v) is 1.96. The predicted octanol–water partition coefficient (Wildman–Crippen LogP) is 1.52. The minimum Gasteiger partial charge on any atom is -0.326 e. The third-order valence-electron chi connectivity index (χ3n) is 1.71. The van der Waals surface area contributed by atoms with Crippen LogP contribution in [0, 0.1) is 0 Å². The molecule has 0 heterocycles. The summed E-state index contributed by atoms with van der Waals surface area (Å²) in [4.78, 5) is 0. The smallest absolute Gasteiger partial charge is 0.132 e. The molecule has 1 aromatic rings. The molecule has 0 unspecified atom stereocenters. The van der Waals surface area contributed by atoms with Gasteiger partial charge in [-0.05, 0) is 16.5 Å². The van der Waals surface area contributed by atoms with Gasteiger partial charge in [-0.2, -0.15) is 0 Å². The molecule has 0 spiro atoms. The van der Waals surface area contributed by atoms with Crippen molar-refractivity contribution in [1.82, 2.24) is 0 Å². The minimum absolute atomic E-state index is 0.494. The van der Waals surface area contributed by atoms with E-state index in [1.807, 2.05) is 0 Å². The highest BCUT2D eigenvalue weighted by atomic mass is 32.2. The molecule has 0 radical (unpaired) electrons. The molecule has 0 fully saturated rings. The number of rotatable bonds is 3. The van der Waals surface area contributed by atoms with Crippen LogP contribution >= 0.6 is 0 Å². The first kappa shape index (κ1) is 9.62. The lowest BCUT2D eigenvalue weighted by Gasteiger charge is -1.99. The third-order valence-corrected chi connectivity index (χ3v) is 2.62. The largest absolute Gasteiger partial charge is 0.326 e. The molecule has 0 aliphatic carbocycles.